The third kappa shape index (κ3) is 7.29. The number of benzene rings is 2. The monoisotopic (exact) mass is 549 g/mol. The minimum absolute atomic E-state index is 0.0799. The van der Waals surface area contributed by atoms with Crippen LogP contribution in [0.1, 0.15) is 0 Å². The molecule has 0 radical (unpaired) electrons. The third-order valence-corrected chi connectivity index (χ3v) is 8.06. The van der Waals surface area contributed by atoms with Crippen molar-refractivity contribution in [3.8, 4) is 5.75 Å². The average molecular weight is 550 g/mol. The number of rotatable bonds is 6. The lowest BCUT2D eigenvalue weighted by molar-refractivity contribution is -0.211. The molecule has 2 saturated heterocycles. The maximum atomic E-state index is 14.4. The van der Waals surface area contributed by atoms with Crippen LogP contribution in [-0.2, 0) is 18.8 Å². The van der Waals surface area contributed by atoms with Crippen molar-refractivity contribution in [1.82, 2.24) is 0 Å². The molecule has 2 aromatic carbocycles. The van der Waals surface area contributed by atoms with Crippen molar-refractivity contribution < 1.29 is 37.3 Å². The van der Waals surface area contributed by atoms with Gasteiger partial charge in [-0.1, -0.05) is 16.9 Å². The Morgan fingerprint density at radius 1 is 1.26 bits per heavy atom. The Labute approximate surface area is 209 Å². The van der Waals surface area contributed by atoms with Gasteiger partial charge in [-0.25, -0.2) is 17.6 Å². The lowest BCUT2D eigenvalue weighted by atomic mass is 10.2. The Morgan fingerprint density at radius 2 is 1.97 bits per heavy atom. The Hall–Kier alpha value is -2.42. The molecule has 14 heteroatoms. The lowest BCUT2D eigenvalue weighted by Crippen LogP contribution is -2.34. The van der Waals surface area contributed by atoms with Crippen LogP contribution in [0.25, 0.3) is 0 Å². The number of nitrogens with zero attached hydrogens (tertiary/aromatic N) is 2. The number of carbonyl (C=O) groups excluding carboxylic acids is 1. The molecule has 2 aliphatic rings. The molecule has 1 amide bonds. The summed E-state index contributed by atoms with van der Waals surface area (Å²) in [5, 5.41) is 9.05. The number of cyclic esters (lactones) is 1. The maximum absolute atomic E-state index is 14.4. The van der Waals surface area contributed by atoms with E-state index in [2.05, 4.69) is 21.6 Å². The van der Waals surface area contributed by atoms with Crippen molar-refractivity contribution >= 4 is 53.6 Å². The highest BCUT2D eigenvalue weighted by Gasteiger charge is 2.32. The standard InChI is InChI=1S/C15H19FN2O3S.C6H6ClNO4S/c1-22-6-4-17(5-7-22)14-3-2-11(8-13(14)16)18-9-12(10-19)21-15(18)20;7-13(9,10)6-3-1-2-5(4-6)11-12-8/h2-3,8,12,19H,1,4-7,9-10H2;1-4H,8H2/t12-;/m1./s1. The SMILES string of the molecule is C=S1CCN(c2ccc(N3C[C@H](CO)OC3=O)cc2F)CC1.NOOc1cccc(S(=O)(=O)Cl)c1. The molecule has 2 aliphatic heterocycles. The first-order valence-corrected chi connectivity index (χ1v) is 14.4. The number of aliphatic hydroxyl groups excluding tert-OH is 1. The van der Waals surface area contributed by atoms with Gasteiger partial charge < -0.3 is 19.6 Å². The van der Waals surface area contributed by atoms with Crippen molar-refractivity contribution in [3.05, 3.63) is 48.3 Å². The number of amides is 1. The topological polar surface area (TPSA) is 132 Å². The minimum Gasteiger partial charge on any atom is -0.441 e. The number of aliphatic hydroxyl groups is 1. The summed E-state index contributed by atoms with van der Waals surface area (Å²) in [5.74, 6) is 10.5. The fourth-order valence-corrected chi connectivity index (χ4v) is 5.36. The molecule has 2 fully saturated rings. The van der Waals surface area contributed by atoms with Gasteiger partial charge in [-0.05, 0) is 30.3 Å². The molecule has 10 nitrogen and oxygen atoms in total. The quantitative estimate of drug-likeness (QED) is 0.241. The van der Waals surface area contributed by atoms with Gasteiger partial charge in [0.15, 0.2) is 5.75 Å². The van der Waals surface area contributed by atoms with Crippen LogP contribution in [0.15, 0.2) is 47.4 Å². The second-order valence-electron chi connectivity index (χ2n) is 7.53. The molecule has 2 heterocycles. The molecule has 2 aromatic rings. The largest absolute Gasteiger partial charge is 0.441 e. The maximum Gasteiger partial charge on any atom is 0.414 e. The van der Waals surface area contributed by atoms with E-state index < -0.39 is 21.2 Å². The van der Waals surface area contributed by atoms with Crippen molar-refractivity contribution in [2.45, 2.75) is 11.0 Å². The smallest absolute Gasteiger partial charge is 0.414 e. The lowest BCUT2D eigenvalue weighted by Gasteiger charge is -2.31. The van der Waals surface area contributed by atoms with E-state index >= 15 is 0 Å². The highest BCUT2D eigenvalue weighted by atomic mass is 35.7. The Balaban J connectivity index is 0.000000225. The van der Waals surface area contributed by atoms with Gasteiger partial charge in [0.1, 0.15) is 11.9 Å². The summed E-state index contributed by atoms with van der Waals surface area (Å²) >= 11 is 0. The van der Waals surface area contributed by atoms with Crippen LogP contribution >= 0.6 is 21.2 Å². The van der Waals surface area contributed by atoms with E-state index in [1.54, 1.807) is 12.1 Å². The number of hydrogen-bond donors (Lipinski definition) is 2. The molecular weight excluding hydrogens is 525 g/mol. The fourth-order valence-electron chi connectivity index (χ4n) is 3.41. The summed E-state index contributed by atoms with van der Waals surface area (Å²) in [4.78, 5) is 23.3. The van der Waals surface area contributed by atoms with Crippen molar-refractivity contribution in [2.75, 3.05) is 47.5 Å². The zero-order valence-electron chi connectivity index (χ0n) is 18.5. The van der Waals surface area contributed by atoms with E-state index in [1.165, 1.54) is 35.2 Å². The number of ether oxygens (including phenoxy) is 1. The predicted molar refractivity (Wildman–Crippen MR) is 133 cm³/mol. The molecule has 3 N–H and O–H groups in total. The summed E-state index contributed by atoms with van der Waals surface area (Å²) < 4.78 is 41.0. The molecule has 0 saturated carbocycles. The van der Waals surface area contributed by atoms with Gasteiger partial charge in [-0.3, -0.25) is 4.90 Å². The molecule has 1 atom stereocenters. The number of nitrogens with two attached hydrogens (primary N) is 1. The van der Waals surface area contributed by atoms with Crippen molar-refractivity contribution in [3.63, 3.8) is 0 Å². The van der Waals surface area contributed by atoms with Crippen LogP contribution in [0.2, 0.25) is 0 Å². The summed E-state index contributed by atoms with van der Waals surface area (Å²) in [5.41, 5.74) is 1.02. The zero-order chi connectivity index (χ0) is 25.6. The molecule has 0 aromatic heterocycles. The molecule has 0 spiro atoms. The first kappa shape index (κ1) is 27.2. The number of anilines is 2. The second-order valence-corrected chi connectivity index (χ2v) is 12.1. The van der Waals surface area contributed by atoms with E-state index in [-0.39, 0.29) is 40.1 Å². The summed E-state index contributed by atoms with van der Waals surface area (Å²) in [6.07, 6.45) is -1.10. The Bertz CT molecular complexity index is 1180. The van der Waals surface area contributed by atoms with Crippen LogP contribution in [-0.4, -0.2) is 69.3 Å². The van der Waals surface area contributed by atoms with Crippen LogP contribution < -0.4 is 20.6 Å². The van der Waals surface area contributed by atoms with Gasteiger partial charge in [0.25, 0.3) is 9.05 Å². The van der Waals surface area contributed by atoms with Crippen molar-refractivity contribution in [1.29, 1.82) is 0 Å². The van der Waals surface area contributed by atoms with E-state index in [1.807, 2.05) is 4.90 Å². The summed E-state index contributed by atoms with van der Waals surface area (Å²) in [6.45, 7) is 1.62. The highest BCUT2D eigenvalue weighted by Crippen LogP contribution is 2.30. The molecule has 192 valence electrons. The molecule has 0 bridgehead atoms. The van der Waals surface area contributed by atoms with E-state index in [4.69, 9.17) is 20.5 Å². The van der Waals surface area contributed by atoms with Gasteiger partial charge in [-0.15, -0.1) is 0 Å². The van der Waals surface area contributed by atoms with Crippen LogP contribution in [0.3, 0.4) is 0 Å². The fraction of sp³-hybridized carbons (Fsp3) is 0.333. The number of hydrogen-bond acceptors (Lipinski definition) is 9. The first-order valence-electron chi connectivity index (χ1n) is 10.3. The van der Waals surface area contributed by atoms with Crippen molar-refractivity contribution in [2.24, 2.45) is 5.90 Å². The van der Waals surface area contributed by atoms with Gasteiger partial charge in [0.2, 0.25) is 0 Å². The van der Waals surface area contributed by atoms with Crippen LogP contribution in [0.4, 0.5) is 20.6 Å². The molecule has 35 heavy (non-hydrogen) atoms. The van der Waals surface area contributed by atoms with Gasteiger partial charge in [0, 0.05) is 41.3 Å². The van der Waals surface area contributed by atoms with Gasteiger partial charge in [0.05, 0.1) is 29.4 Å². The van der Waals surface area contributed by atoms with E-state index in [0.717, 1.165) is 24.6 Å². The molecule has 0 aliphatic carbocycles. The molecule has 4 rings (SSSR count). The van der Waals surface area contributed by atoms with Crippen LogP contribution in [0, 0.1) is 5.82 Å². The normalized spacial score (nSPS) is 18.6. The first-order chi connectivity index (χ1) is 16.6. The molecule has 0 unspecified atom stereocenters. The summed E-state index contributed by atoms with van der Waals surface area (Å²) in [6, 6.07) is 10.2. The van der Waals surface area contributed by atoms with Gasteiger partial charge >= 0.3 is 6.09 Å². The van der Waals surface area contributed by atoms with Gasteiger partial charge in [-0.2, -0.15) is 16.4 Å². The third-order valence-electron chi connectivity index (χ3n) is 5.19. The van der Waals surface area contributed by atoms with Crippen LogP contribution in [0.5, 0.6) is 5.75 Å². The Kier molecular flexibility index (Phi) is 9.33. The van der Waals surface area contributed by atoms with E-state index in [0.29, 0.717) is 11.4 Å². The Morgan fingerprint density at radius 3 is 2.54 bits per heavy atom. The average Bonchev–Trinajstić information content (AvgIpc) is 3.21. The number of halogens is 2. The predicted octanol–water partition coefficient (Wildman–Crippen LogP) is 2.46. The summed E-state index contributed by atoms with van der Waals surface area (Å²) in [7, 11) is 1.51. The van der Waals surface area contributed by atoms with E-state index in [9.17, 15) is 17.6 Å². The zero-order valence-corrected chi connectivity index (χ0v) is 20.9. The number of carbonyl (C=O) groups is 1. The minimum atomic E-state index is -3.75. The highest BCUT2D eigenvalue weighted by molar-refractivity contribution is 8.14. The molecular formula is C21H25ClFN3O7S2. The second kappa shape index (κ2) is 12.0.